The summed E-state index contributed by atoms with van der Waals surface area (Å²) in [6.07, 6.45) is 4.39. The van der Waals surface area contributed by atoms with Gasteiger partial charge in [0.25, 0.3) is 0 Å². The molecule has 0 amide bonds. The number of hydrogen-bond donors (Lipinski definition) is 1. The van der Waals surface area contributed by atoms with E-state index in [1.807, 2.05) is 0 Å². The minimum atomic E-state index is -1.30. The Morgan fingerprint density at radius 1 is 1.09 bits per heavy atom. The van der Waals surface area contributed by atoms with Gasteiger partial charge < -0.3 is 24.1 Å². The predicted molar refractivity (Wildman–Crippen MR) is 116 cm³/mol. The molecule has 0 heterocycles. The highest BCUT2D eigenvalue weighted by molar-refractivity contribution is 5.87. The molecule has 0 aromatic heterocycles. The first-order valence-corrected chi connectivity index (χ1v) is 11.2. The fraction of sp³-hybridized carbons (Fsp3) is 0.792. The molecule has 2 rings (SSSR count). The van der Waals surface area contributed by atoms with Gasteiger partial charge >= 0.3 is 17.9 Å². The molecule has 2 aliphatic rings. The van der Waals surface area contributed by atoms with Crippen LogP contribution in [0.1, 0.15) is 52.9 Å². The molecule has 1 unspecified atom stereocenters. The van der Waals surface area contributed by atoms with Gasteiger partial charge in [-0.1, -0.05) is 31.9 Å². The number of aliphatic hydroxyl groups is 1. The molecule has 2 aliphatic carbocycles. The second-order valence-corrected chi connectivity index (χ2v) is 9.65. The van der Waals surface area contributed by atoms with E-state index < -0.39 is 29.9 Å². The first-order chi connectivity index (χ1) is 15.1. The number of ether oxygens (including phenoxy) is 4. The van der Waals surface area contributed by atoms with E-state index in [1.54, 1.807) is 0 Å². The van der Waals surface area contributed by atoms with Crippen LogP contribution in [0, 0.1) is 28.6 Å². The fourth-order valence-electron chi connectivity index (χ4n) is 5.86. The summed E-state index contributed by atoms with van der Waals surface area (Å²) in [6.45, 7) is 6.74. The van der Waals surface area contributed by atoms with E-state index in [9.17, 15) is 19.5 Å². The lowest BCUT2D eigenvalue weighted by molar-refractivity contribution is -0.174. The first-order valence-electron chi connectivity index (χ1n) is 11.2. The van der Waals surface area contributed by atoms with Crippen LogP contribution in [0.5, 0.6) is 0 Å². The number of rotatable bonds is 9. The summed E-state index contributed by atoms with van der Waals surface area (Å²) in [5.41, 5.74) is 0.860. The summed E-state index contributed by atoms with van der Waals surface area (Å²) in [4.78, 5) is 36.8. The number of aliphatic hydroxyl groups excluding tert-OH is 1. The highest BCUT2D eigenvalue weighted by Crippen LogP contribution is 2.59. The smallest absolute Gasteiger partial charge is 0.335 e. The van der Waals surface area contributed by atoms with Crippen molar-refractivity contribution in [1.29, 1.82) is 0 Å². The third kappa shape index (κ3) is 5.17. The lowest BCUT2D eigenvalue weighted by Crippen LogP contribution is -2.52. The van der Waals surface area contributed by atoms with E-state index >= 15 is 0 Å². The van der Waals surface area contributed by atoms with Gasteiger partial charge in [-0.2, -0.15) is 0 Å². The Morgan fingerprint density at radius 3 is 2.31 bits per heavy atom. The van der Waals surface area contributed by atoms with Gasteiger partial charge in [-0.25, -0.2) is 4.79 Å². The van der Waals surface area contributed by atoms with Crippen molar-refractivity contribution < 1.29 is 38.4 Å². The molecule has 32 heavy (non-hydrogen) atoms. The molecule has 0 aliphatic heterocycles. The number of hydrogen-bond acceptors (Lipinski definition) is 8. The van der Waals surface area contributed by atoms with Crippen molar-refractivity contribution in [1.82, 2.24) is 0 Å². The lowest BCUT2D eigenvalue weighted by Gasteiger charge is -2.57. The number of carbonyl (C=O) groups excluding carboxylic acids is 3. The maximum absolute atomic E-state index is 12.6. The standard InChI is InChI=1S/C24H38O8/c1-15-8-9-18-23(2,14-25)10-7-11-24(18,3)17(15)13-32-20(22(28)31-6)16(21(27)30-5)12-19(26)29-4/h8,16-18,20,25H,7,9-14H2,1-6H3/t16-,17-,18?,20+,23-,24+/m0/s1. The van der Waals surface area contributed by atoms with Gasteiger partial charge in [-0.3, -0.25) is 9.59 Å². The second kappa shape index (κ2) is 10.8. The summed E-state index contributed by atoms with van der Waals surface area (Å²) < 4.78 is 20.5. The van der Waals surface area contributed by atoms with Crippen molar-refractivity contribution in [2.75, 3.05) is 34.5 Å². The van der Waals surface area contributed by atoms with Gasteiger partial charge in [0.05, 0.1) is 34.4 Å². The SMILES string of the molecule is COC(=O)C[C@H](C(=O)OC)[C@@H](OC[C@H]1C(C)=CCC2[C@](C)(CO)CCC[C@@]21C)C(=O)OC. The zero-order valence-electron chi connectivity index (χ0n) is 20.1. The predicted octanol–water partition coefficient (Wildman–Crippen LogP) is 2.67. The van der Waals surface area contributed by atoms with Crippen molar-refractivity contribution in [2.24, 2.45) is 28.6 Å². The summed E-state index contributed by atoms with van der Waals surface area (Å²) in [5.74, 6) is -3.04. The molecule has 0 radical (unpaired) electrons. The van der Waals surface area contributed by atoms with Crippen LogP contribution in [-0.4, -0.2) is 63.7 Å². The number of allylic oxidation sites excluding steroid dienone is 1. The minimum absolute atomic E-state index is 0.00370. The van der Waals surface area contributed by atoms with E-state index in [0.717, 1.165) is 31.3 Å². The molecular weight excluding hydrogens is 416 g/mol. The molecule has 1 saturated carbocycles. The summed E-state index contributed by atoms with van der Waals surface area (Å²) >= 11 is 0. The minimum Gasteiger partial charge on any atom is -0.469 e. The Hall–Kier alpha value is -1.93. The Balaban J connectivity index is 2.31. The van der Waals surface area contributed by atoms with Gasteiger partial charge in [0.2, 0.25) is 0 Å². The average molecular weight is 455 g/mol. The van der Waals surface area contributed by atoms with Crippen LogP contribution < -0.4 is 0 Å². The largest absolute Gasteiger partial charge is 0.469 e. The van der Waals surface area contributed by atoms with E-state index in [-0.39, 0.29) is 42.3 Å². The van der Waals surface area contributed by atoms with Crippen LogP contribution in [0.15, 0.2) is 11.6 Å². The van der Waals surface area contributed by atoms with Crippen LogP contribution in [-0.2, 0) is 33.3 Å². The van der Waals surface area contributed by atoms with Crippen LogP contribution in [0.25, 0.3) is 0 Å². The van der Waals surface area contributed by atoms with E-state index in [0.29, 0.717) is 0 Å². The molecular formula is C24H38O8. The molecule has 182 valence electrons. The molecule has 8 nitrogen and oxygen atoms in total. The molecule has 1 N–H and O–H groups in total. The third-order valence-electron chi connectivity index (χ3n) is 7.84. The number of esters is 3. The van der Waals surface area contributed by atoms with Crippen molar-refractivity contribution in [3.05, 3.63) is 11.6 Å². The van der Waals surface area contributed by atoms with E-state index in [4.69, 9.17) is 14.2 Å². The molecule has 8 heteroatoms. The second-order valence-electron chi connectivity index (χ2n) is 9.65. The van der Waals surface area contributed by atoms with Crippen LogP contribution in [0.2, 0.25) is 0 Å². The topological polar surface area (TPSA) is 108 Å². The molecule has 0 aromatic carbocycles. The Labute approximate surface area is 190 Å². The number of carbonyl (C=O) groups is 3. The number of fused-ring (bicyclic) bond motifs is 1. The highest BCUT2D eigenvalue weighted by atomic mass is 16.6. The van der Waals surface area contributed by atoms with Crippen molar-refractivity contribution in [2.45, 2.75) is 59.0 Å². The van der Waals surface area contributed by atoms with Crippen LogP contribution in [0.4, 0.5) is 0 Å². The maximum atomic E-state index is 12.6. The van der Waals surface area contributed by atoms with Crippen molar-refractivity contribution in [3.8, 4) is 0 Å². The zero-order valence-corrected chi connectivity index (χ0v) is 20.1. The Morgan fingerprint density at radius 2 is 1.75 bits per heavy atom. The zero-order chi connectivity index (χ0) is 24.1. The summed E-state index contributed by atoms with van der Waals surface area (Å²) in [7, 11) is 3.61. The van der Waals surface area contributed by atoms with Gasteiger partial charge in [0, 0.05) is 12.5 Å². The summed E-state index contributed by atoms with van der Waals surface area (Å²) in [5, 5.41) is 10.1. The molecule has 0 saturated heterocycles. The lowest BCUT2D eigenvalue weighted by atomic mass is 9.48. The monoisotopic (exact) mass is 454 g/mol. The average Bonchev–Trinajstić information content (AvgIpc) is 2.78. The maximum Gasteiger partial charge on any atom is 0.335 e. The molecule has 0 aromatic rings. The third-order valence-corrected chi connectivity index (χ3v) is 7.84. The molecule has 0 spiro atoms. The molecule has 6 atom stereocenters. The Kier molecular flexibility index (Phi) is 8.88. The van der Waals surface area contributed by atoms with Crippen LogP contribution >= 0.6 is 0 Å². The normalized spacial score (nSPS) is 31.5. The van der Waals surface area contributed by atoms with Crippen molar-refractivity contribution in [3.63, 3.8) is 0 Å². The van der Waals surface area contributed by atoms with E-state index in [1.165, 1.54) is 21.3 Å². The van der Waals surface area contributed by atoms with Gasteiger partial charge in [0.1, 0.15) is 5.92 Å². The molecule has 1 fully saturated rings. The van der Waals surface area contributed by atoms with Gasteiger partial charge in [0.15, 0.2) is 6.10 Å². The van der Waals surface area contributed by atoms with E-state index in [2.05, 4.69) is 31.6 Å². The highest BCUT2D eigenvalue weighted by Gasteiger charge is 2.54. The first kappa shape index (κ1) is 26.3. The van der Waals surface area contributed by atoms with Crippen LogP contribution in [0.3, 0.4) is 0 Å². The quantitative estimate of drug-likeness (QED) is 0.322. The van der Waals surface area contributed by atoms with Crippen molar-refractivity contribution >= 4 is 17.9 Å². The Bertz CT molecular complexity index is 732. The fourth-order valence-corrected chi connectivity index (χ4v) is 5.86. The summed E-state index contributed by atoms with van der Waals surface area (Å²) in [6, 6.07) is 0. The molecule has 0 bridgehead atoms. The number of methoxy groups -OCH3 is 3. The van der Waals surface area contributed by atoms with Gasteiger partial charge in [-0.05, 0) is 42.9 Å². The van der Waals surface area contributed by atoms with Gasteiger partial charge in [-0.15, -0.1) is 0 Å².